The standard InChI is InChI=1S/C25H30N2O7/c1-14-16(4-5-17-18(14)12-33-23(17)30)20(28)10-26-8-6-25(7-9-26)21(32-3)11-27(24(25)31)19-13-34-22(29)15(19)2/h4-5,20-21,28H,6-13H2,1-3H3/t20-,21?/m1/s1. The highest BCUT2D eigenvalue weighted by Crippen LogP contribution is 2.45. The van der Waals surface area contributed by atoms with Crippen molar-refractivity contribution in [1.82, 2.24) is 9.80 Å². The van der Waals surface area contributed by atoms with Crippen LogP contribution in [0.1, 0.15) is 52.9 Å². The number of hydrogen-bond acceptors (Lipinski definition) is 8. The number of piperidine rings is 1. The SMILES string of the molecule is COC1CN(C2=C(C)C(=O)OC2)C(=O)C12CCN(C[C@@H](O)c1ccc3c(c1C)COC3=O)CC2. The third-order valence-electron chi connectivity index (χ3n) is 8.07. The monoisotopic (exact) mass is 470 g/mol. The van der Waals surface area contributed by atoms with Gasteiger partial charge in [-0.05, 0) is 57.0 Å². The van der Waals surface area contributed by atoms with E-state index in [1.165, 1.54) is 0 Å². The number of aliphatic hydroxyl groups is 1. The van der Waals surface area contributed by atoms with Gasteiger partial charge in [0.15, 0.2) is 0 Å². The number of aliphatic hydroxyl groups excluding tert-OH is 1. The molecule has 0 aliphatic carbocycles. The summed E-state index contributed by atoms with van der Waals surface area (Å²) in [6.45, 7) is 6.12. The van der Waals surface area contributed by atoms with Crippen LogP contribution in [0.5, 0.6) is 0 Å². The van der Waals surface area contributed by atoms with Crippen LogP contribution in [-0.2, 0) is 30.4 Å². The molecule has 182 valence electrons. The Hall–Kier alpha value is -2.75. The number of cyclic esters (lactones) is 2. The average molecular weight is 471 g/mol. The molecule has 0 aromatic heterocycles. The lowest BCUT2D eigenvalue weighted by Gasteiger charge is -2.41. The van der Waals surface area contributed by atoms with Crippen LogP contribution in [0.2, 0.25) is 0 Å². The first-order valence-corrected chi connectivity index (χ1v) is 11.7. The number of methoxy groups -OCH3 is 1. The molecule has 1 spiro atoms. The van der Waals surface area contributed by atoms with Gasteiger partial charge in [-0.15, -0.1) is 0 Å². The number of fused-ring (bicyclic) bond motifs is 1. The molecule has 2 fully saturated rings. The van der Waals surface area contributed by atoms with Crippen molar-refractivity contribution in [2.45, 2.75) is 45.5 Å². The quantitative estimate of drug-likeness (QED) is 0.645. The van der Waals surface area contributed by atoms with Crippen molar-refractivity contribution in [3.05, 3.63) is 45.7 Å². The summed E-state index contributed by atoms with van der Waals surface area (Å²) in [6.07, 6.45) is 0.249. The van der Waals surface area contributed by atoms with E-state index < -0.39 is 11.5 Å². The summed E-state index contributed by atoms with van der Waals surface area (Å²) < 4.78 is 16.0. The highest BCUT2D eigenvalue weighted by atomic mass is 16.5. The topological polar surface area (TPSA) is 106 Å². The van der Waals surface area contributed by atoms with Gasteiger partial charge in [-0.2, -0.15) is 0 Å². The Balaban J connectivity index is 1.27. The van der Waals surface area contributed by atoms with Gasteiger partial charge in [0.2, 0.25) is 5.91 Å². The van der Waals surface area contributed by atoms with Crippen LogP contribution in [0.25, 0.3) is 0 Å². The summed E-state index contributed by atoms with van der Waals surface area (Å²) in [6, 6.07) is 3.53. The fourth-order valence-electron chi connectivity index (χ4n) is 5.85. The normalized spacial score (nSPS) is 25.2. The molecular weight excluding hydrogens is 440 g/mol. The first kappa shape index (κ1) is 23.0. The van der Waals surface area contributed by atoms with E-state index in [4.69, 9.17) is 14.2 Å². The van der Waals surface area contributed by atoms with Gasteiger partial charge in [-0.25, -0.2) is 9.59 Å². The zero-order valence-electron chi connectivity index (χ0n) is 19.8. The number of esters is 2. The number of rotatable bonds is 5. The summed E-state index contributed by atoms with van der Waals surface area (Å²) in [5.74, 6) is -0.700. The van der Waals surface area contributed by atoms with Gasteiger partial charge in [0, 0.05) is 19.2 Å². The van der Waals surface area contributed by atoms with E-state index in [1.807, 2.05) is 6.92 Å². The molecule has 9 nitrogen and oxygen atoms in total. The summed E-state index contributed by atoms with van der Waals surface area (Å²) in [4.78, 5) is 41.0. The van der Waals surface area contributed by atoms with Crippen molar-refractivity contribution >= 4 is 17.8 Å². The first-order valence-electron chi connectivity index (χ1n) is 11.7. The maximum Gasteiger partial charge on any atom is 0.338 e. The lowest BCUT2D eigenvalue weighted by molar-refractivity contribution is -0.141. The zero-order chi connectivity index (χ0) is 24.2. The molecule has 34 heavy (non-hydrogen) atoms. The number of carbonyl (C=O) groups is 3. The van der Waals surface area contributed by atoms with Gasteiger partial charge in [0.05, 0.1) is 41.0 Å². The second-order valence-corrected chi connectivity index (χ2v) is 9.64. The smallest absolute Gasteiger partial charge is 0.338 e. The predicted molar refractivity (Wildman–Crippen MR) is 120 cm³/mol. The number of benzene rings is 1. The predicted octanol–water partition coefficient (Wildman–Crippen LogP) is 1.47. The third kappa shape index (κ3) is 3.45. The van der Waals surface area contributed by atoms with E-state index in [-0.39, 0.29) is 37.2 Å². The molecule has 0 bridgehead atoms. The van der Waals surface area contributed by atoms with Crippen molar-refractivity contribution in [1.29, 1.82) is 0 Å². The van der Waals surface area contributed by atoms with Crippen molar-refractivity contribution in [2.75, 3.05) is 39.9 Å². The Morgan fingerprint density at radius 1 is 1.12 bits per heavy atom. The molecule has 2 atom stereocenters. The second kappa shape index (κ2) is 8.48. The van der Waals surface area contributed by atoms with Crippen LogP contribution in [0.4, 0.5) is 0 Å². The number of carbonyl (C=O) groups excluding carboxylic acids is 3. The van der Waals surface area contributed by atoms with E-state index in [0.29, 0.717) is 55.9 Å². The largest absolute Gasteiger partial charge is 0.457 e. The Kier molecular flexibility index (Phi) is 5.74. The molecule has 1 aromatic rings. The number of amides is 1. The number of ether oxygens (including phenoxy) is 3. The molecule has 4 aliphatic heterocycles. The number of hydrogen-bond donors (Lipinski definition) is 1. The number of nitrogens with zero attached hydrogens (tertiary/aromatic N) is 2. The fraction of sp³-hybridized carbons (Fsp3) is 0.560. The summed E-state index contributed by atoms with van der Waals surface area (Å²) in [5.41, 5.74) is 3.58. The second-order valence-electron chi connectivity index (χ2n) is 9.64. The minimum absolute atomic E-state index is 0.00803. The van der Waals surface area contributed by atoms with Gasteiger partial charge >= 0.3 is 11.9 Å². The Morgan fingerprint density at radius 3 is 2.47 bits per heavy atom. The van der Waals surface area contributed by atoms with E-state index in [9.17, 15) is 19.5 Å². The van der Waals surface area contributed by atoms with Crippen molar-refractivity contribution in [3.63, 3.8) is 0 Å². The molecule has 1 unspecified atom stereocenters. The van der Waals surface area contributed by atoms with E-state index in [2.05, 4.69) is 4.90 Å². The van der Waals surface area contributed by atoms with Gasteiger partial charge in [0.1, 0.15) is 13.2 Å². The van der Waals surface area contributed by atoms with E-state index >= 15 is 0 Å². The van der Waals surface area contributed by atoms with Gasteiger partial charge in [0.25, 0.3) is 0 Å². The zero-order valence-corrected chi connectivity index (χ0v) is 19.8. The Labute approximate surface area is 198 Å². The van der Waals surface area contributed by atoms with Crippen molar-refractivity contribution in [2.24, 2.45) is 5.41 Å². The summed E-state index contributed by atoms with van der Waals surface area (Å²) in [7, 11) is 1.63. The third-order valence-corrected chi connectivity index (χ3v) is 8.07. The van der Waals surface area contributed by atoms with Crippen LogP contribution in [0.3, 0.4) is 0 Å². The average Bonchev–Trinajstić information content (AvgIpc) is 3.45. The molecule has 4 aliphatic rings. The minimum atomic E-state index is -0.710. The maximum atomic E-state index is 13.6. The van der Waals surface area contributed by atoms with Gasteiger partial charge < -0.3 is 29.1 Å². The maximum absolute atomic E-state index is 13.6. The summed E-state index contributed by atoms with van der Waals surface area (Å²) in [5, 5.41) is 11.0. The highest BCUT2D eigenvalue weighted by molar-refractivity contribution is 5.95. The first-order chi connectivity index (χ1) is 16.3. The van der Waals surface area contributed by atoms with Gasteiger partial charge in [-0.1, -0.05) is 6.07 Å². The van der Waals surface area contributed by atoms with E-state index in [0.717, 1.165) is 16.7 Å². The highest BCUT2D eigenvalue weighted by Gasteiger charge is 2.56. The Bertz CT molecular complexity index is 1090. The molecule has 9 heteroatoms. The fourth-order valence-corrected chi connectivity index (χ4v) is 5.85. The minimum Gasteiger partial charge on any atom is -0.457 e. The van der Waals surface area contributed by atoms with Crippen molar-refractivity contribution in [3.8, 4) is 0 Å². The van der Waals surface area contributed by atoms with Crippen LogP contribution in [-0.4, -0.2) is 78.8 Å². The number of β-amino-alcohol motifs (C(OH)–C–C–N with tert-alkyl or cyclic N) is 1. The molecule has 0 saturated carbocycles. The molecule has 1 N–H and O–H groups in total. The molecule has 1 aromatic carbocycles. The molecule has 0 radical (unpaired) electrons. The Morgan fingerprint density at radius 2 is 1.82 bits per heavy atom. The summed E-state index contributed by atoms with van der Waals surface area (Å²) >= 11 is 0. The molecule has 1 amide bonds. The van der Waals surface area contributed by atoms with Crippen LogP contribution in [0, 0.1) is 12.3 Å². The molecule has 2 saturated heterocycles. The van der Waals surface area contributed by atoms with E-state index in [1.54, 1.807) is 31.1 Å². The van der Waals surface area contributed by atoms with Gasteiger partial charge in [-0.3, -0.25) is 4.79 Å². The molecule has 5 rings (SSSR count). The van der Waals surface area contributed by atoms with Crippen molar-refractivity contribution < 1.29 is 33.7 Å². The number of likely N-dealkylation sites (tertiary alicyclic amines) is 2. The lowest BCUT2D eigenvalue weighted by atomic mass is 9.75. The van der Waals surface area contributed by atoms with Crippen LogP contribution in [0.15, 0.2) is 23.4 Å². The van der Waals surface area contributed by atoms with Crippen LogP contribution < -0.4 is 0 Å². The van der Waals surface area contributed by atoms with Crippen LogP contribution >= 0.6 is 0 Å². The molecular formula is C25H30N2O7. The lowest BCUT2D eigenvalue weighted by Crippen LogP contribution is -2.49. The molecule has 4 heterocycles.